The third-order valence-corrected chi connectivity index (χ3v) is 4.52. The van der Waals surface area contributed by atoms with Crippen LogP contribution in [0.2, 0.25) is 0 Å². The fourth-order valence-electron chi connectivity index (χ4n) is 2.46. The molecule has 25 heavy (non-hydrogen) atoms. The smallest absolute Gasteiger partial charge is 0.408 e. The van der Waals surface area contributed by atoms with Crippen molar-refractivity contribution in [1.82, 2.24) is 15.5 Å². The van der Waals surface area contributed by atoms with E-state index in [1.165, 1.54) is 0 Å². The molecule has 0 spiro atoms. The van der Waals surface area contributed by atoms with Gasteiger partial charge in [0.25, 0.3) is 0 Å². The maximum atomic E-state index is 12.4. The Labute approximate surface area is 154 Å². The monoisotopic (exact) mass is 375 g/mol. The Morgan fingerprint density at radius 3 is 2.16 bits per heavy atom. The number of ether oxygens (including phenoxy) is 1. The van der Waals surface area contributed by atoms with Crippen LogP contribution in [0.1, 0.15) is 47.5 Å². The fourth-order valence-corrected chi connectivity index (χ4v) is 2.57. The van der Waals surface area contributed by atoms with Gasteiger partial charge in [0, 0.05) is 25.0 Å². The molecule has 2 N–H and O–H groups in total. The van der Waals surface area contributed by atoms with Crippen LogP contribution >= 0.6 is 11.6 Å². The Morgan fingerprint density at radius 2 is 1.68 bits per heavy atom. The third kappa shape index (κ3) is 7.50. The number of nitrogens with zero attached hydrogens (tertiary/aromatic N) is 1. The maximum Gasteiger partial charge on any atom is 0.408 e. The van der Waals surface area contributed by atoms with Crippen LogP contribution in [0.5, 0.6) is 0 Å². The van der Waals surface area contributed by atoms with Crippen LogP contribution in [0.15, 0.2) is 0 Å². The van der Waals surface area contributed by atoms with E-state index in [4.69, 9.17) is 16.3 Å². The van der Waals surface area contributed by atoms with Crippen molar-refractivity contribution in [2.45, 2.75) is 59.1 Å². The summed E-state index contributed by atoms with van der Waals surface area (Å²) < 4.78 is 5.08. The van der Waals surface area contributed by atoms with Crippen LogP contribution in [0, 0.1) is 5.41 Å². The van der Waals surface area contributed by atoms with E-state index in [1.807, 2.05) is 13.8 Å². The van der Waals surface area contributed by atoms with Gasteiger partial charge in [0.1, 0.15) is 12.1 Å². The molecule has 0 radical (unpaired) electrons. The lowest BCUT2D eigenvalue weighted by Gasteiger charge is -2.36. The first-order valence-electron chi connectivity index (χ1n) is 8.56. The predicted octanol–water partition coefficient (Wildman–Crippen LogP) is 1.88. The van der Waals surface area contributed by atoms with Gasteiger partial charge in [0.2, 0.25) is 11.8 Å². The van der Waals surface area contributed by atoms with Crippen molar-refractivity contribution in [2.24, 2.45) is 5.41 Å². The first kappa shape index (κ1) is 21.5. The van der Waals surface area contributed by atoms with E-state index < -0.39 is 17.1 Å². The molecule has 3 amide bonds. The van der Waals surface area contributed by atoms with Crippen molar-refractivity contribution in [3.8, 4) is 0 Å². The first-order chi connectivity index (χ1) is 11.4. The number of carbonyl (C=O) groups is 3. The average Bonchev–Trinajstić information content (AvgIpc) is 2.51. The van der Waals surface area contributed by atoms with Crippen LogP contribution in [-0.2, 0) is 14.3 Å². The zero-order valence-electron chi connectivity index (χ0n) is 15.8. The summed E-state index contributed by atoms with van der Waals surface area (Å²) in [6, 6.07) is -0.00361. The van der Waals surface area contributed by atoms with Crippen molar-refractivity contribution >= 4 is 29.5 Å². The summed E-state index contributed by atoms with van der Waals surface area (Å²) in [5.74, 6) is 0.0503. The second kappa shape index (κ2) is 8.74. The Morgan fingerprint density at radius 1 is 1.12 bits per heavy atom. The summed E-state index contributed by atoms with van der Waals surface area (Å²) >= 11 is 5.86. The highest BCUT2D eigenvalue weighted by Gasteiger charge is 2.33. The number of likely N-dealkylation sites (tertiary alicyclic amines) is 1. The highest BCUT2D eigenvalue weighted by Crippen LogP contribution is 2.23. The molecule has 144 valence electrons. The minimum atomic E-state index is -0.619. The van der Waals surface area contributed by atoms with E-state index >= 15 is 0 Å². The van der Waals surface area contributed by atoms with E-state index in [-0.39, 0.29) is 30.3 Å². The van der Waals surface area contributed by atoms with Crippen molar-refractivity contribution in [2.75, 3.05) is 25.5 Å². The first-order valence-corrected chi connectivity index (χ1v) is 9.09. The van der Waals surface area contributed by atoms with Crippen molar-refractivity contribution in [3.05, 3.63) is 0 Å². The molecule has 1 fully saturated rings. The molecule has 1 aliphatic rings. The molecule has 8 heteroatoms. The number of hydrogen-bond acceptors (Lipinski definition) is 4. The van der Waals surface area contributed by atoms with Gasteiger partial charge in [-0.3, -0.25) is 9.59 Å². The summed E-state index contributed by atoms with van der Waals surface area (Å²) in [6.45, 7) is 9.98. The quantitative estimate of drug-likeness (QED) is 0.718. The van der Waals surface area contributed by atoms with E-state index in [1.54, 1.807) is 25.7 Å². The van der Waals surface area contributed by atoms with Gasteiger partial charge in [-0.05, 0) is 47.5 Å². The minimum absolute atomic E-state index is 0.00361. The molecule has 1 heterocycles. The Balaban J connectivity index is 2.33. The number of hydrogen-bond donors (Lipinski definition) is 2. The molecule has 0 aromatic rings. The highest BCUT2D eigenvalue weighted by atomic mass is 35.5. The molecular formula is C17H30ClN3O4. The van der Waals surface area contributed by atoms with E-state index in [9.17, 15) is 14.4 Å². The SMILES string of the molecule is CC(C)(C)OC(=O)NCC(=O)NC1CCN(C(=O)C(C)(C)CCl)CC1. The van der Waals surface area contributed by atoms with Gasteiger partial charge in [-0.15, -0.1) is 11.6 Å². The lowest BCUT2D eigenvalue weighted by Crippen LogP contribution is -2.51. The normalized spacial score (nSPS) is 16.3. The van der Waals surface area contributed by atoms with E-state index in [0.717, 1.165) is 0 Å². The highest BCUT2D eigenvalue weighted by molar-refractivity contribution is 6.19. The van der Waals surface area contributed by atoms with Gasteiger partial charge >= 0.3 is 6.09 Å². The van der Waals surface area contributed by atoms with Gasteiger partial charge in [0.05, 0.1) is 5.41 Å². The fraction of sp³-hybridized carbons (Fsp3) is 0.824. The summed E-state index contributed by atoms with van der Waals surface area (Å²) in [7, 11) is 0. The number of nitrogens with one attached hydrogen (secondary N) is 2. The summed E-state index contributed by atoms with van der Waals surface area (Å²) in [5, 5.41) is 5.31. The van der Waals surface area contributed by atoms with Gasteiger partial charge in [0.15, 0.2) is 0 Å². The zero-order chi connectivity index (χ0) is 19.3. The third-order valence-electron chi connectivity index (χ3n) is 3.85. The van der Waals surface area contributed by atoms with Crippen LogP contribution < -0.4 is 10.6 Å². The van der Waals surface area contributed by atoms with Gasteiger partial charge < -0.3 is 20.3 Å². The number of halogens is 1. The van der Waals surface area contributed by atoms with Gasteiger partial charge in [-0.2, -0.15) is 0 Å². The summed E-state index contributed by atoms with van der Waals surface area (Å²) in [4.78, 5) is 37.6. The number of rotatable bonds is 5. The molecule has 1 saturated heterocycles. The minimum Gasteiger partial charge on any atom is -0.444 e. The lowest BCUT2D eigenvalue weighted by molar-refractivity contribution is -0.140. The molecule has 0 aromatic carbocycles. The number of alkyl carbamates (subject to hydrolysis) is 1. The molecule has 1 aliphatic heterocycles. The van der Waals surface area contributed by atoms with Crippen LogP contribution in [0.4, 0.5) is 4.79 Å². The maximum absolute atomic E-state index is 12.4. The predicted molar refractivity (Wildman–Crippen MR) is 96.5 cm³/mol. The Bertz CT molecular complexity index is 495. The standard InChI is InChI=1S/C17H30ClN3O4/c1-16(2,3)25-15(24)19-10-13(22)20-12-6-8-21(9-7-12)14(23)17(4,5)11-18/h12H,6-11H2,1-5H3,(H,19,24)(H,20,22). The van der Waals surface area contributed by atoms with Crippen LogP contribution in [0.25, 0.3) is 0 Å². The second-order valence-corrected chi connectivity index (χ2v) is 8.27. The molecule has 7 nitrogen and oxygen atoms in total. The summed E-state index contributed by atoms with van der Waals surface area (Å²) in [5.41, 5.74) is -1.17. The van der Waals surface area contributed by atoms with Crippen LogP contribution in [0.3, 0.4) is 0 Å². The number of alkyl halides is 1. The molecule has 0 bridgehead atoms. The Kier molecular flexibility index (Phi) is 7.53. The average molecular weight is 376 g/mol. The number of amides is 3. The summed E-state index contributed by atoms with van der Waals surface area (Å²) in [6.07, 6.45) is 0.747. The zero-order valence-corrected chi connectivity index (χ0v) is 16.5. The lowest BCUT2D eigenvalue weighted by atomic mass is 9.92. The molecule has 1 rings (SSSR count). The number of piperidine rings is 1. The van der Waals surface area contributed by atoms with Gasteiger partial charge in [-0.25, -0.2) is 4.79 Å². The van der Waals surface area contributed by atoms with E-state index in [0.29, 0.717) is 25.9 Å². The van der Waals surface area contributed by atoms with E-state index in [2.05, 4.69) is 10.6 Å². The van der Waals surface area contributed by atoms with Crippen LogP contribution in [-0.4, -0.2) is 60.0 Å². The van der Waals surface area contributed by atoms with Crippen molar-refractivity contribution in [3.63, 3.8) is 0 Å². The molecule has 0 unspecified atom stereocenters. The topological polar surface area (TPSA) is 87.7 Å². The second-order valence-electron chi connectivity index (χ2n) is 8.01. The molecule has 0 aliphatic carbocycles. The molecular weight excluding hydrogens is 346 g/mol. The Hall–Kier alpha value is -1.50. The molecule has 0 aromatic heterocycles. The van der Waals surface area contributed by atoms with Gasteiger partial charge in [-0.1, -0.05) is 0 Å². The molecule has 0 atom stereocenters. The van der Waals surface area contributed by atoms with Crippen molar-refractivity contribution < 1.29 is 19.1 Å². The molecule has 0 saturated carbocycles. The largest absolute Gasteiger partial charge is 0.444 e. The number of carbonyl (C=O) groups excluding carboxylic acids is 3. The van der Waals surface area contributed by atoms with Crippen molar-refractivity contribution in [1.29, 1.82) is 0 Å².